The van der Waals surface area contributed by atoms with E-state index in [1.54, 1.807) is 4.68 Å². The van der Waals surface area contributed by atoms with Gasteiger partial charge in [0.15, 0.2) is 17.4 Å². The van der Waals surface area contributed by atoms with Gasteiger partial charge in [-0.05, 0) is 18.1 Å². The van der Waals surface area contributed by atoms with E-state index in [9.17, 15) is 8.78 Å². The Morgan fingerprint density at radius 1 is 1.35 bits per heavy atom. The molecule has 20 heavy (non-hydrogen) atoms. The lowest BCUT2D eigenvalue weighted by atomic mass is 10.2. The normalized spacial score (nSPS) is 11.1. The summed E-state index contributed by atoms with van der Waals surface area (Å²) in [6, 6.07) is 2.42. The minimum atomic E-state index is -1.01. The SMILES string of the molecule is CC(C)Cn1ncnc1COc1cc(Br)cc(F)c1F. The second-order valence-electron chi connectivity index (χ2n) is 4.74. The molecular weight excluding hydrogens is 332 g/mol. The lowest BCUT2D eigenvalue weighted by molar-refractivity contribution is 0.265. The van der Waals surface area contributed by atoms with Crippen molar-refractivity contribution in [3.63, 3.8) is 0 Å². The largest absolute Gasteiger partial charge is 0.482 e. The lowest BCUT2D eigenvalue weighted by Crippen LogP contribution is -2.12. The van der Waals surface area contributed by atoms with Crippen LogP contribution in [-0.4, -0.2) is 14.8 Å². The van der Waals surface area contributed by atoms with Gasteiger partial charge in [0.05, 0.1) is 0 Å². The molecule has 0 saturated heterocycles. The van der Waals surface area contributed by atoms with Crippen LogP contribution < -0.4 is 4.74 Å². The van der Waals surface area contributed by atoms with Gasteiger partial charge in [-0.2, -0.15) is 9.49 Å². The van der Waals surface area contributed by atoms with Crippen LogP contribution in [0.3, 0.4) is 0 Å². The Hall–Kier alpha value is -1.50. The zero-order valence-electron chi connectivity index (χ0n) is 11.1. The van der Waals surface area contributed by atoms with E-state index in [1.165, 1.54) is 12.4 Å². The summed E-state index contributed by atoms with van der Waals surface area (Å²) in [5.41, 5.74) is 0. The van der Waals surface area contributed by atoms with Crippen molar-refractivity contribution in [1.82, 2.24) is 14.8 Å². The van der Waals surface area contributed by atoms with E-state index < -0.39 is 11.6 Å². The molecule has 2 aromatic rings. The number of benzene rings is 1. The third-order valence-corrected chi connectivity index (χ3v) is 3.01. The predicted molar refractivity (Wildman–Crippen MR) is 73.3 cm³/mol. The Kier molecular flexibility index (Phi) is 4.69. The molecule has 108 valence electrons. The molecule has 0 aliphatic heterocycles. The molecule has 1 heterocycles. The standard InChI is InChI=1S/C13H14BrF2N3O/c1-8(2)5-19-12(17-7-18-19)6-20-11-4-9(14)3-10(15)13(11)16/h3-4,7-8H,5-6H2,1-2H3. The first-order valence-electron chi connectivity index (χ1n) is 6.11. The Bertz CT molecular complexity index is 601. The fourth-order valence-electron chi connectivity index (χ4n) is 1.68. The highest BCUT2D eigenvalue weighted by atomic mass is 79.9. The van der Waals surface area contributed by atoms with Gasteiger partial charge >= 0.3 is 0 Å². The summed E-state index contributed by atoms with van der Waals surface area (Å²) in [4.78, 5) is 4.06. The molecule has 7 heteroatoms. The van der Waals surface area contributed by atoms with E-state index in [-0.39, 0.29) is 12.4 Å². The Labute approximate surface area is 123 Å². The number of rotatable bonds is 5. The van der Waals surface area contributed by atoms with Gasteiger partial charge in [0.2, 0.25) is 5.82 Å². The van der Waals surface area contributed by atoms with Crippen molar-refractivity contribution in [2.24, 2.45) is 5.92 Å². The molecular formula is C13H14BrF2N3O. The smallest absolute Gasteiger partial charge is 0.200 e. The molecule has 0 aliphatic carbocycles. The first-order chi connectivity index (χ1) is 9.47. The van der Waals surface area contributed by atoms with E-state index in [2.05, 4.69) is 39.9 Å². The molecule has 1 aromatic heterocycles. The monoisotopic (exact) mass is 345 g/mol. The topological polar surface area (TPSA) is 39.9 Å². The van der Waals surface area contributed by atoms with E-state index >= 15 is 0 Å². The van der Waals surface area contributed by atoms with E-state index in [0.29, 0.717) is 22.8 Å². The highest BCUT2D eigenvalue weighted by molar-refractivity contribution is 9.10. The van der Waals surface area contributed by atoms with Crippen LogP contribution in [0.5, 0.6) is 5.75 Å². The second-order valence-corrected chi connectivity index (χ2v) is 5.66. The highest BCUT2D eigenvalue weighted by Gasteiger charge is 2.13. The number of aromatic nitrogens is 3. The summed E-state index contributed by atoms with van der Waals surface area (Å²) in [5.74, 6) is -1.16. The van der Waals surface area contributed by atoms with Gasteiger partial charge in [-0.15, -0.1) is 0 Å². The molecule has 0 spiro atoms. The van der Waals surface area contributed by atoms with Crippen molar-refractivity contribution in [2.45, 2.75) is 27.0 Å². The fraction of sp³-hybridized carbons (Fsp3) is 0.385. The predicted octanol–water partition coefficient (Wildman–Crippen LogP) is 3.55. The number of halogens is 3. The highest BCUT2D eigenvalue weighted by Crippen LogP contribution is 2.25. The molecule has 4 nitrogen and oxygen atoms in total. The maximum absolute atomic E-state index is 13.6. The quantitative estimate of drug-likeness (QED) is 0.778. The van der Waals surface area contributed by atoms with Crippen LogP contribution in [-0.2, 0) is 13.2 Å². The molecule has 0 fully saturated rings. The van der Waals surface area contributed by atoms with Crippen LogP contribution in [0.4, 0.5) is 8.78 Å². The van der Waals surface area contributed by atoms with Gasteiger partial charge in [-0.25, -0.2) is 14.1 Å². The van der Waals surface area contributed by atoms with Crippen molar-refractivity contribution in [3.8, 4) is 5.75 Å². The molecule has 2 rings (SSSR count). The first kappa shape index (κ1) is 14.9. The molecule has 0 bridgehead atoms. The number of nitrogens with zero attached hydrogens (tertiary/aromatic N) is 3. The molecule has 0 aliphatic rings. The summed E-state index contributed by atoms with van der Waals surface area (Å²) < 4.78 is 34.2. The third-order valence-electron chi connectivity index (χ3n) is 2.55. The number of hydrogen-bond donors (Lipinski definition) is 0. The number of ether oxygens (including phenoxy) is 1. The first-order valence-corrected chi connectivity index (χ1v) is 6.90. The summed E-state index contributed by atoms with van der Waals surface area (Å²) in [6.45, 7) is 4.82. The molecule has 0 amide bonds. The lowest BCUT2D eigenvalue weighted by Gasteiger charge is -2.10. The zero-order valence-corrected chi connectivity index (χ0v) is 12.7. The molecule has 0 radical (unpaired) electrons. The van der Waals surface area contributed by atoms with Gasteiger partial charge in [0, 0.05) is 11.0 Å². The van der Waals surface area contributed by atoms with Crippen molar-refractivity contribution in [3.05, 3.63) is 40.4 Å². The maximum Gasteiger partial charge on any atom is 0.200 e. The summed E-state index contributed by atoms with van der Waals surface area (Å²) in [5, 5.41) is 4.07. The Morgan fingerprint density at radius 2 is 2.10 bits per heavy atom. The van der Waals surface area contributed by atoms with Crippen molar-refractivity contribution >= 4 is 15.9 Å². The summed E-state index contributed by atoms with van der Waals surface area (Å²) >= 11 is 3.09. The van der Waals surface area contributed by atoms with Crippen LogP contribution in [0.15, 0.2) is 22.9 Å². The maximum atomic E-state index is 13.6. The van der Waals surface area contributed by atoms with Gasteiger partial charge in [0.1, 0.15) is 12.9 Å². The molecule has 0 unspecified atom stereocenters. The van der Waals surface area contributed by atoms with Crippen LogP contribution in [0.25, 0.3) is 0 Å². The molecule has 0 N–H and O–H groups in total. The van der Waals surface area contributed by atoms with E-state index in [4.69, 9.17) is 4.74 Å². The van der Waals surface area contributed by atoms with E-state index in [1.807, 2.05) is 0 Å². The van der Waals surface area contributed by atoms with Gasteiger partial charge in [-0.1, -0.05) is 29.8 Å². The van der Waals surface area contributed by atoms with Crippen LogP contribution >= 0.6 is 15.9 Å². The third kappa shape index (κ3) is 3.53. The van der Waals surface area contributed by atoms with Gasteiger partial charge < -0.3 is 4.74 Å². The second kappa shape index (κ2) is 6.30. The number of hydrogen-bond acceptors (Lipinski definition) is 3. The average molecular weight is 346 g/mol. The molecule has 0 saturated carbocycles. The minimum absolute atomic E-state index is 0.0273. The molecule has 0 atom stereocenters. The van der Waals surface area contributed by atoms with Crippen LogP contribution in [0.1, 0.15) is 19.7 Å². The van der Waals surface area contributed by atoms with Crippen LogP contribution in [0.2, 0.25) is 0 Å². The zero-order chi connectivity index (χ0) is 14.7. The van der Waals surface area contributed by atoms with Crippen molar-refractivity contribution in [1.29, 1.82) is 0 Å². The summed E-state index contributed by atoms with van der Waals surface area (Å²) in [6.07, 6.45) is 1.42. The van der Waals surface area contributed by atoms with Gasteiger partial charge in [-0.3, -0.25) is 0 Å². The fourth-order valence-corrected chi connectivity index (χ4v) is 2.09. The van der Waals surface area contributed by atoms with E-state index in [0.717, 1.165) is 6.07 Å². The van der Waals surface area contributed by atoms with Crippen molar-refractivity contribution in [2.75, 3.05) is 0 Å². The van der Waals surface area contributed by atoms with Crippen LogP contribution in [0, 0.1) is 17.6 Å². The average Bonchev–Trinajstić information content (AvgIpc) is 2.78. The Balaban J connectivity index is 2.11. The summed E-state index contributed by atoms with van der Waals surface area (Å²) in [7, 11) is 0. The minimum Gasteiger partial charge on any atom is -0.482 e. The molecule has 1 aromatic carbocycles. The van der Waals surface area contributed by atoms with Crippen molar-refractivity contribution < 1.29 is 13.5 Å². The Morgan fingerprint density at radius 3 is 2.80 bits per heavy atom. The van der Waals surface area contributed by atoms with Gasteiger partial charge in [0.25, 0.3) is 0 Å².